The van der Waals surface area contributed by atoms with Crippen molar-refractivity contribution in [2.45, 2.75) is 39.7 Å². The molecule has 1 heterocycles. The lowest BCUT2D eigenvalue weighted by Crippen LogP contribution is -2.24. The zero-order valence-electron chi connectivity index (χ0n) is 13.6. The normalized spacial score (nSPS) is 11.8. The van der Waals surface area contributed by atoms with E-state index in [1.54, 1.807) is 20.8 Å². The van der Waals surface area contributed by atoms with Crippen LogP contribution in [-0.2, 0) is 5.54 Å². The number of carboxylic acid groups (broad SMARTS) is 1. The number of carbonyl (C=O) groups is 1. The van der Waals surface area contributed by atoms with E-state index in [0.29, 0.717) is 6.07 Å². The van der Waals surface area contributed by atoms with Crippen molar-refractivity contribution < 1.29 is 27.8 Å². The standard InChI is InChI=1S/C16H17F3N2O3/c1-8-12(15(22)23)20-21(16(2,3)4)14(8)24-11-6-5-9(17)7-10(11)13(18)19/h5-7,13H,1-4H3,(H,22,23). The maximum atomic E-state index is 13.2. The smallest absolute Gasteiger partial charge is 0.356 e. The lowest BCUT2D eigenvalue weighted by molar-refractivity contribution is 0.0688. The summed E-state index contributed by atoms with van der Waals surface area (Å²) in [6.07, 6.45) is -2.94. The van der Waals surface area contributed by atoms with Crippen LogP contribution in [0.1, 0.15) is 48.8 Å². The Morgan fingerprint density at radius 1 is 1.33 bits per heavy atom. The molecule has 2 aromatic rings. The molecule has 130 valence electrons. The third kappa shape index (κ3) is 3.37. The molecule has 2 rings (SSSR count). The van der Waals surface area contributed by atoms with Crippen LogP contribution < -0.4 is 4.74 Å². The average Bonchev–Trinajstić information content (AvgIpc) is 2.78. The van der Waals surface area contributed by atoms with Crippen LogP contribution in [-0.4, -0.2) is 20.9 Å². The Labute approximate surface area is 136 Å². The van der Waals surface area contributed by atoms with E-state index in [1.807, 2.05) is 0 Å². The average molecular weight is 342 g/mol. The largest absolute Gasteiger partial charge is 0.476 e. The van der Waals surface area contributed by atoms with Gasteiger partial charge in [-0.25, -0.2) is 22.6 Å². The van der Waals surface area contributed by atoms with Crippen LogP contribution in [0.4, 0.5) is 13.2 Å². The number of ether oxygens (including phenoxy) is 1. The fourth-order valence-corrected chi connectivity index (χ4v) is 2.15. The molecule has 0 fully saturated rings. The molecule has 0 spiro atoms. The van der Waals surface area contributed by atoms with Crippen molar-refractivity contribution in [3.05, 3.63) is 40.8 Å². The van der Waals surface area contributed by atoms with E-state index in [1.165, 1.54) is 11.6 Å². The van der Waals surface area contributed by atoms with Gasteiger partial charge in [0.25, 0.3) is 6.43 Å². The van der Waals surface area contributed by atoms with Crippen LogP contribution in [0.15, 0.2) is 18.2 Å². The first kappa shape index (κ1) is 17.8. The van der Waals surface area contributed by atoms with Gasteiger partial charge in [0.05, 0.1) is 11.1 Å². The number of alkyl halides is 2. The van der Waals surface area contributed by atoms with E-state index in [2.05, 4.69) is 5.10 Å². The Kier molecular flexibility index (Phi) is 4.59. The van der Waals surface area contributed by atoms with E-state index in [9.17, 15) is 23.1 Å². The fourth-order valence-electron chi connectivity index (χ4n) is 2.15. The second-order valence-electron chi connectivity index (χ2n) is 6.25. The number of rotatable bonds is 4. The molecule has 0 aliphatic rings. The van der Waals surface area contributed by atoms with Gasteiger partial charge in [0.1, 0.15) is 11.6 Å². The summed E-state index contributed by atoms with van der Waals surface area (Å²) in [7, 11) is 0. The molecule has 0 saturated carbocycles. The molecule has 1 N–H and O–H groups in total. The quantitative estimate of drug-likeness (QED) is 0.888. The summed E-state index contributed by atoms with van der Waals surface area (Å²) in [5, 5.41) is 13.2. The van der Waals surface area contributed by atoms with E-state index in [0.717, 1.165) is 12.1 Å². The van der Waals surface area contributed by atoms with E-state index in [4.69, 9.17) is 4.74 Å². The van der Waals surface area contributed by atoms with Crippen LogP contribution in [0, 0.1) is 12.7 Å². The molecule has 5 nitrogen and oxygen atoms in total. The summed E-state index contributed by atoms with van der Waals surface area (Å²) in [5.41, 5.74) is -1.31. The van der Waals surface area contributed by atoms with Crippen molar-refractivity contribution in [1.29, 1.82) is 0 Å². The first-order valence-corrected chi connectivity index (χ1v) is 7.11. The highest BCUT2D eigenvalue weighted by atomic mass is 19.3. The van der Waals surface area contributed by atoms with Gasteiger partial charge in [-0.2, -0.15) is 5.10 Å². The first-order chi connectivity index (χ1) is 11.0. The molecule has 0 unspecified atom stereocenters. The van der Waals surface area contributed by atoms with Gasteiger partial charge in [-0.15, -0.1) is 0 Å². The number of nitrogens with zero attached hydrogens (tertiary/aromatic N) is 2. The molecule has 0 bridgehead atoms. The molecule has 0 aliphatic heterocycles. The van der Waals surface area contributed by atoms with Gasteiger partial charge >= 0.3 is 5.97 Å². The summed E-state index contributed by atoms with van der Waals surface area (Å²) in [6, 6.07) is 2.76. The summed E-state index contributed by atoms with van der Waals surface area (Å²) >= 11 is 0. The minimum absolute atomic E-state index is 0.0217. The third-order valence-electron chi connectivity index (χ3n) is 3.32. The van der Waals surface area contributed by atoms with Crippen molar-refractivity contribution in [3.63, 3.8) is 0 Å². The second-order valence-corrected chi connectivity index (χ2v) is 6.25. The second kappa shape index (κ2) is 6.18. The number of hydrogen-bond acceptors (Lipinski definition) is 3. The minimum atomic E-state index is -2.94. The van der Waals surface area contributed by atoms with Gasteiger partial charge in [0, 0.05) is 5.56 Å². The number of halogens is 3. The zero-order chi connectivity index (χ0) is 18.2. The van der Waals surface area contributed by atoms with Gasteiger partial charge in [-0.1, -0.05) is 0 Å². The predicted octanol–water partition coefficient (Wildman–Crippen LogP) is 4.51. The predicted molar refractivity (Wildman–Crippen MR) is 80.4 cm³/mol. The summed E-state index contributed by atoms with van der Waals surface area (Å²) in [6.45, 7) is 6.75. The van der Waals surface area contributed by atoms with Crippen molar-refractivity contribution in [1.82, 2.24) is 9.78 Å². The van der Waals surface area contributed by atoms with Crippen LogP contribution in [0.5, 0.6) is 11.6 Å². The lowest BCUT2D eigenvalue weighted by atomic mass is 10.1. The highest BCUT2D eigenvalue weighted by molar-refractivity contribution is 5.87. The molecular weight excluding hydrogens is 325 g/mol. The molecule has 0 radical (unpaired) electrons. The SMILES string of the molecule is Cc1c(C(=O)O)nn(C(C)(C)C)c1Oc1ccc(F)cc1C(F)F. The molecule has 0 aliphatic carbocycles. The van der Waals surface area contributed by atoms with E-state index < -0.39 is 29.3 Å². The minimum Gasteiger partial charge on any atom is -0.476 e. The monoisotopic (exact) mass is 342 g/mol. The van der Waals surface area contributed by atoms with E-state index in [-0.39, 0.29) is 22.9 Å². The highest BCUT2D eigenvalue weighted by Crippen LogP contribution is 2.36. The molecule has 0 saturated heterocycles. The van der Waals surface area contributed by atoms with Gasteiger partial charge in [0.15, 0.2) is 5.69 Å². The Morgan fingerprint density at radius 2 is 1.96 bits per heavy atom. The summed E-state index contributed by atoms with van der Waals surface area (Å²) in [4.78, 5) is 11.3. The Balaban J connectivity index is 2.60. The number of benzene rings is 1. The molecular formula is C16H17F3N2O3. The van der Waals surface area contributed by atoms with Crippen LogP contribution in [0.25, 0.3) is 0 Å². The van der Waals surface area contributed by atoms with Crippen molar-refractivity contribution in [2.24, 2.45) is 0 Å². The van der Waals surface area contributed by atoms with E-state index >= 15 is 0 Å². The fraction of sp³-hybridized carbons (Fsp3) is 0.375. The number of aromatic nitrogens is 2. The maximum Gasteiger partial charge on any atom is 0.356 e. The zero-order valence-corrected chi connectivity index (χ0v) is 13.6. The number of aromatic carboxylic acids is 1. The Morgan fingerprint density at radius 3 is 2.46 bits per heavy atom. The Hall–Kier alpha value is -2.51. The van der Waals surface area contributed by atoms with Crippen LogP contribution in [0.2, 0.25) is 0 Å². The molecule has 24 heavy (non-hydrogen) atoms. The molecule has 0 atom stereocenters. The first-order valence-electron chi connectivity index (χ1n) is 7.11. The molecule has 1 aromatic carbocycles. The lowest BCUT2D eigenvalue weighted by Gasteiger charge is -2.22. The summed E-state index contributed by atoms with van der Waals surface area (Å²) in [5.74, 6) is -2.30. The maximum absolute atomic E-state index is 13.2. The molecule has 0 amide bonds. The third-order valence-corrected chi connectivity index (χ3v) is 3.32. The van der Waals surface area contributed by atoms with Crippen molar-refractivity contribution in [2.75, 3.05) is 0 Å². The van der Waals surface area contributed by atoms with Crippen LogP contribution in [0.3, 0.4) is 0 Å². The van der Waals surface area contributed by atoms with Crippen molar-refractivity contribution in [3.8, 4) is 11.6 Å². The van der Waals surface area contributed by atoms with Gasteiger partial charge in [-0.3, -0.25) is 0 Å². The molecule has 8 heteroatoms. The van der Waals surface area contributed by atoms with Crippen molar-refractivity contribution >= 4 is 5.97 Å². The van der Waals surface area contributed by atoms with Crippen LogP contribution >= 0.6 is 0 Å². The summed E-state index contributed by atoms with van der Waals surface area (Å²) < 4.78 is 46.3. The van der Waals surface area contributed by atoms with Gasteiger partial charge in [-0.05, 0) is 45.9 Å². The Bertz CT molecular complexity index is 780. The topological polar surface area (TPSA) is 64.3 Å². The molecule has 1 aromatic heterocycles. The number of carboxylic acids is 1. The van der Waals surface area contributed by atoms with Gasteiger partial charge in [0.2, 0.25) is 5.88 Å². The number of hydrogen-bond donors (Lipinski definition) is 1. The highest BCUT2D eigenvalue weighted by Gasteiger charge is 2.28. The van der Waals surface area contributed by atoms with Gasteiger partial charge < -0.3 is 9.84 Å².